The lowest BCUT2D eigenvalue weighted by molar-refractivity contribution is -0.135. The Morgan fingerprint density at radius 3 is 1.76 bits per heavy atom. The Morgan fingerprint density at radius 1 is 0.952 bits per heavy atom. The highest BCUT2D eigenvalue weighted by Crippen LogP contribution is 2.14. The van der Waals surface area contributed by atoms with E-state index in [9.17, 15) is 4.79 Å². The zero-order chi connectivity index (χ0) is 15.1. The summed E-state index contributed by atoms with van der Waals surface area (Å²) in [5.41, 5.74) is 2.26. The van der Waals surface area contributed by atoms with Crippen molar-refractivity contribution in [2.45, 2.75) is 20.0 Å². The number of nitrogens with zero attached hydrogens (tertiary/aromatic N) is 1. The Balaban J connectivity index is 2.16. The molecule has 0 aliphatic heterocycles. The summed E-state index contributed by atoms with van der Waals surface area (Å²) in [5, 5.41) is 0. The first-order valence-electron chi connectivity index (χ1n) is 7.13. The number of carbonyl (C=O) groups is 1. The van der Waals surface area contributed by atoms with E-state index in [2.05, 4.69) is 0 Å². The zero-order valence-corrected chi connectivity index (χ0v) is 13.0. The van der Waals surface area contributed by atoms with E-state index >= 15 is 0 Å². The molecule has 0 fully saturated rings. The molecule has 2 aromatic rings. The van der Waals surface area contributed by atoms with Crippen LogP contribution in [-0.2, 0) is 17.9 Å². The summed E-state index contributed by atoms with van der Waals surface area (Å²) in [4.78, 5) is 14.4. The summed E-state index contributed by atoms with van der Waals surface area (Å²) in [6, 6.07) is 20.1. The van der Waals surface area contributed by atoms with Crippen molar-refractivity contribution in [2.24, 2.45) is 5.92 Å². The van der Waals surface area contributed by atoms with E-state index in [0.29, 0.717) is 19.0 Å². The van der Waals surface area contributed by atoms with Crippen molar-refractivity contribution in [3.8, 4) is 0 Å². The van der Waals surface area contributed by atoms with Gasteiger partial charge in [0.2, 0.25) is 5.91 Å². The van der Waals surface area contributed by atoms with Gasteiger partial charge in [0.25, 0.3) is 0 Å². The third-order valence-electron chi connectivity index (χ3n) is 3.40. The molecule has 0 bridgehead atoms. The fraction of sp³-hybridized carbons (Fsp3) is 0.278. The molecule has 2 aromatic carbocycles. The minimum absolute atomic E-state index is 0.0951. The van der Waals surface area contributed by atoms with Crippen LogP contribution in [0.2, 0.25) is 0 Å². The minimum Gasteiger partial charge on any atom is -0.334 e. The summed E-state index contributed by atoms with van der Waals surface area (Å²) < 4.78 is 0. The molecule has 0 saturated heterocycles. The second kappa shape index (κ2) is 7.84. The molecular formula is C18H20ClNO. The molecule has 3 heteroatoms. The Hall–Kier alpha value is -1.80. The van der Waals surface area contributed by atoms with Gasteiger partial charge in [0.05, 0.1) is 0 Å². The number of hydrogen-bond acceptors (Lipinski definition) is 1. The quantitative estimate of drug-likeness (QED) is 0.736. The molecule has 1 unspecified atom stereocenters. The number of benzene rings is 2. The number of hydrogen-bond donors (Lipinski definition) is 0. The molecule has 0 aromatic heterocycles. The number of carbonyl (C=O) groups excluding carboxylic acids is 1. The van der Waals surface area contributed by atoms with Gasteiger partial charge in [-0.1, -0.05) is 67.6 Å². The second-order valence-electron chi connectivity index (χ2n) is 5.22. The van der Waals surface area contributed by atoms with Crippen LogP contribution in [-0.4, -0.2) is 16.7 Å². The summed E-state index contributed by atoms with van der Waals surface area (Å²) in [6.07, 6.45) is 0. The zero-order valence-electron chi connectivity index (χ0n) is 12.2. The van der Waals surface area contributed by atoms with E-state index < -0.39 is 0 Å². The normalized spacial score (nSPS) is 11.9. The highest BCUT2D eigenvalue weighted by Gasteiger charge is 2.20. The van der Waals surface area contributed by atoms with E-state index in [4.69, 9.17) is 11.6 Å². The maximum absolute atomic E-state index is 12.5. The standard InChI is InChI=1S/C18H20ClNO/c1-15(12-19)18(21)20(13-16-8-4-2-5-9-16)14-17-10-6-3-7-11-17/h2-11,15H,12-14H2,1H3. The Bertz CT molecular complexity index is 514. The van der Waals surface area contributed by atoms with Gasteiger partial charge in [-0.25, -0.2) is 0 Å². The highest BCUT2D eigenvalue weighted by atomic mass is 35.5. The molecule has 0 spiro atoms. The third kappa shape index (κ3) is 4.61. The molecule has 1 atom stereocenters. The molecule has 2 nitrogen and oxygen atoms in total. The van der Waals surface area contributed by atoms with Gasteiger partial charge in [-0.2, -0.15) is 0 Å². The Kier molecular flexibility index (Phi) is 5.82. The van der Waals surface area contributed by atoms with Crippen molar-refractivity contribution in [2.75, 3.05) is 5.88 Å². The summed E-state index contributed by atoms with van der Waals surface area (Å²) in [6.45, 7) is 3.09. The van der Waals surface area contributed by atoms with Crippen LogP contribution in [0.5, 0.6) is 0 Å². The third-order valence-corrected chi connectivity index (χ3v) is 3.86. The molecule has 0 heterocycles. The van der Waals surface area contributed by atoms with Crippen LogP contribution >= 0.6 is 11.6 Å². The number of amides is 1. The molecule has 0 aliphatic carbocycles. The van der Waals surface area contributed by atoms with Crippen LogP contribution in [0.1, 0.15) is 18.1 Å². The van der Waals surface area contributed by atoms with Crippen molar-refractivity contribution in [1.82, 2.24) is 4.90 Å². The van der Waals surface area contributed by atoms with E-state index in [1.165, 1.54) is 0 Å². The van der Waals surface area contributed by atoms with E-state index in [-0.39, 0.29) is 11.8 Å². The maximum Gasteiger partial charge on any atom is 0.227 e. The van der Waals surface area contributed by atoms with Crippen LogP contribution in [0, 0.1) is 5.92 Å². The summed E-state index contributed by atoms with van der Waals surface area (Å²) >= 11 is 5.85. The molecule has 0 aliphatic rings. The predicted octanol–water partition coefficient (Wildman–Crippen LogP) is 4.09. The first kappa shape index (κ1) is 15.6. The monoisotopic (exact) mass is 301 g/mol. The minimum atomic E-state index is -0.168. The van der Waals surface area contributed by atoms with Gasteiger partial charge in [-0.05, 0) is 11.1 Å². The molecule has 0 radical (unpaired) electrons. The van der Waals surface area contributed by atoms with E-state index in [1.54, 1.807) is 0 Å². The predicted molar refractivity (Wildman–Crippen MR) is 87.0 cm³/mol. The van der Waals surface area contributed by atoms with Crippen molar-refractivity contribution < 1.29 is 4.79 Å². The van der Waals surface area contributed by atoms with Crippen LogP contribution in [0.15, 0.2) is 60.7 Å². The first-order chi connectivity index (χ1) is 10.2. The fourth-order valence-corrected chi connectivity index (χ4v) is 2.33. The highest BCUT2D eigenvalue weighted by molar-refractivity contribution is 6.19. The van der Waals surface area contributed by atoms with Crippen LogP contribution in [0.3, 0.4) is 0 Å². The molecule has 21 heavy (non-hydrogen) atoms. The van der Waals surface area contributed by atoms with Gasteiger partial charge in [-0.3, -0.25) is 4.79 Å². The largest absolute Gasteiger partial charge is 0.334 e. The topological polar surface area (TPSA) is 20.3 Å². The summed E-state index contributed by atoms with van der Waals surface area (Å²) in [7, 11) is 0. The van der Waals surface area contributed by atoms with Crippen LogP contribution in [0.25, 0.3) is 0 Å². The van der Waals surface area contributed by atoms with Crippen molar-refractivity contribution >= 4 is 17.5 Å². The number of rotatable bonds is 6. The SMILES string of the molecule is CC(CCl)C(=O)N(Cc1ccccc1)Cc1ccccc1. The van der Waals surface area contributed by atoms with Crippen molar-refractivity contribution in [3.63, 3.8) is 0 Å². The van der Waals surface area contributed by atoms with Gasteiger partial charge in [0.15, 0.2) is 0 Å². The van der Waals surface area contributed by atoms with Crippen LogP contribution < -0.4 is 0 Å². The Labute approximate surface area is 131 Å². The van der Waals surface area contributed by atoms with E-state index in [0.717, 1.165) is 11.1 Å². The number of alkyl halides is 1. The fourth-order valence-electron chi connectivity index (χ4n) is 2.20. The smallest absolute Gasteiger partial charge is 0.227 e. The average molecular weight is 302 g/mol. The van der Waals surface area contributed by atoms with Gasteiger partial charge in [0, 0.05) is 24.9 Å². The van der Waals surface area contributed by atoms with Gasteiger partial charge in [0.1, 0.15) is 0 Å². The summed E-state index contributed by atoms with van der Waals surface area (Å²) in [5.74, 6) is 0.274. The Morgan fingerprint density at radius 2 is 1.38 bits per heavy atom. The molecular weight excluding hydrogens is 282 g/mol. The molecule has 110 valence electrons. The molecule has 0 saturated carbocycles. The van der Waals surface area contributed by atoms with Gasteiger partial charge >= 0.3 is 0 Å². The van der Waals surface area contributed by atoms with E-state index in [1.807, 2.05) is 72.5 Å². The average Bonchev–Trinajstić information content (AvgIpc) is 2.54. The van der Waals surface area contributed by atoms with Gasteiger partial charge in [-0.15, -0.1) is 11.6 Å². The number of halogens is 1. The van der Waals surface area contributed by atoms with Crippen LogP contribution in [0.4, 0.5) is 0 Å². The molecule has 1 amide bonds. The lowest BCUT2D eigenvalue weighted by atomic mass is 10.1. The van der Waals surface area contributed by atoms with Crippen molar-refractivity contribution in [1.29, 1.82) is 0 Å². The second-order valence-corrected chi connectivity index (χ2v) is 5.53. The van der Waals surface area contributed by atoms with Gasteiger partial charge < -0.3 is 4.90 Å². The maximum atomic E-state index is 12.5. The van der Waals surface area contributed by atoms with Crippen molar-refractivity contribution in [3.05, 3.63) is 71.8 Å². The lowest BCUT2D eigenvalue weighted by Gasteiger charge is -2.25. The molecule has 0 N–H and O–H groups in total. The lowest BCUT2D eigenvalue weighted by Crippen LogP contribution is -2.35. The first-order valence-corrected chi connectivity index (χ1v) is 7.66. The molecule has 2 rings (SSSR count).